The quantitative estimate of drug-likeness (QED) is 0.391. The number of hydrogen-bond acceptors (Lipinski definition) is 5. The van der Waals surface area contributed by atoms with Gasteiger partial charge in [-0.1, -0.05) is 41.6 Å². The van der Waals surface area contributed by atoms with E-state index in [1.54, 1.807) is 24.3 Å². The molecular formula is C23H15ClFN5OS. The van der Waals surface area contributed by atoms with Gasteiger partial charge in [0, 0.05) is 16.3 Å². The Labute approximate surface area is 192 Å². The third kappa shape index (κ3) is 4.80. The average Bonchev–Trinajstić information content (AvgIpc) is 3.23. The van der Waals surface area contributed by atoms with E-state index >= 15 is 0 Å². The lowest BCUT2D eigenvalue weighted by Crippen LogP contribution is -2.15. The molecule has 4 aromatic rings. The lowest BCUT2D eigenvalue weighted by atomic mass is 10.2. The summed E-state index contributed by atoms with van der Waals surface area (Å²) in [4.78, 5) is 12.5. The molecule has 3 aromatic carbocycles. The monoisotopic (exact) mass is 463 g/mol. The number of nitrogens with zero attached hydrogens (tertiary/aromatic N) is 4. The van der Waals surface area contributed by atoms with Crippen molar-refractivity contribution < 1.29 is 9.18 Å². The Bertz CT molecular complexity index is 1300. The predicted octanol–water partition coefficient (Wildman–Crippen LogP) is 5.33. The fraction of sp³-hybridized carbons (Fsp3) is 0.0435. The van der Waals surface area contributed by atoms with Gasteiger partial charge in [0.25, 0.3) is 0 Å². The molecule has 1 amide bonds. The van der Waals surface area contributed by atoms with E-state index in [0.717, 1.165) is 5.69 Å². The van der Waals surface area contributed by atoms with Crippen molar-refractivity contribution in [3.8, 4) is 23.1 Å². The number of nitriles is 1. The highest BCUT2D eigenvalue weighted by Gasteiger charge is 2.18. The molecule has 0 bridgehead atoms. The Kier molecular flexibility index (Phi) is 6.50. The lowest BCUT2D eigenvalue weighted by Gasteiger charge is -2.11. The second-order valence-electron chi connectivity index (χ2n) is 6.62. The molecule has 1 N–H and O–H groups in total. The number of carbonyl (C=O) groups excluding carboxylic acids is 1. The van der Waals surface area contributed by atoms with Crippen LogP contribution in [0.15, 0.2) is 78.0 Å². The Hall–Kier alpha value is -3.67. The molecule has 9 heteroatoms. The molecule has 0 aliphatic rings. The van der Waals surface area contributed by atoms with Crippen molar-refractivity contribution in [2.75, 3.05) is 11.1 Å². The van der Waals surface area contributed by atoms with E-state index in [9.17, 15) is 14.4 Å². The normalized spacial score (nSPS) is 10.5. The van der Waals surface area contributed by atoms with Crippen LogP contribution >= 0.6 is 23.4 Å². The highest BCUT2D eigenvalue weighted by molar-refractivity contribution is 7.99. The third-order valence-corrected chi connectivity index (χ3v) is 5.62. The van der Waals surface area contributed by atoms with Gasteiger partial charge < -0.3 is 5.32 Å². The van der Waals surface area contributed by atoms with E-state index in [4.69, 9.17) is 11.6 Å². The predicted molar refractivity (Wildman–Crippen MR) is 122 cm³/mol. The number of para-hydroxylation sites is 1. The summed E-state index contributed by atoms with van der Waals surface area (Å²) in [5.41, 5.74) is 2.17. The maximum atomic E-state index is 13.4. The van der Waals surface area contributed by atoms with E-state index in [0.29, 0.717) is 32.8 Å². The minimum absolute atomic E-state index is 0.0335. The van der Waals surface area contributed by atoms with Crippen LogP contribution in [0.25, 0.3) is 17.1 Å². The molecule has 6 nitrogen and oxygen atoms in total. The number of amides is 1. The smallest absolute Gasteiger partial charge is 0.234 e. The first-order valence-corrected chi connectivity index (χ1v) is 10.8. The van der Waals surface area contributed by atoms with Gasteiger partial charge >= 0.3 is 0 Å². The summed E-state index contributed by atoms with van der Waals surface area (Å²) in [6.07, 6.45) is 0. The molecule has 0 saturated carbocycles. The number of rotatable bonds is 6. The number of hydrogen-bond donors (Lipinski definition) is 1. The van der Waals surface area contributed by atoms with E-state index in [2.05, 4.69) is 15.5 Å². The first-order chi connectivity index (χ1) is 15.5. The van der Waals surface area contributed by atoms with Crippen LogP contribution < -0.4 is 5.32 Å². The van der Waals surface area contributed by atoms with Gasteiger partial charge in [-0.15, -0.1) is 10.2 Å². The Morgan fingerprint density at radius 2 is 1.84 bits per heavy atom. The SMILES string of the molecule is N#Cc1ccc(Cl)cc1NC(=O)CSc1nnc(-c2ccc(F)cc2)n1-c1ccccc1. The topological polar surface area (TPSA) is 83.6 Å². The molecule has 0 aliphatic carbocycles. The molecule has 0 unspecified atom stereocenters. The number of anilines is 1. The summed E-state index contributed by atoms with van der Waals surface area (Å²) < 4.78 is 15.2. The molecular weight excluding hydrogens is 449 g/mol. The maximum absolute atomic E-state index is 13.4. The lowest BCUT2D eigenvalue weighted by molar-refractivity contribution is -0.113. The molecule has 0 aliphatic heterocycles. The van der Waals surface area contributed by atoms with Crippen molar-refractivity contribution >= 4 is 35.0 Å². The van der Waals surface area contributed by atoms with Gasteiger partial charge in [-0.05, 0) is 54.6 Å². The van der Waals surface area contributed by atoms with E-state index in [-0.39, 0.29) is 17.5 Å². The minimum Gasteiger partial charge on any atom is -0.324 e. The van der Waals surface area contributed by atoms with Crippen LogP contribution in [0.2, 0.25) is 5.02 Å². The van der Waals surface area contributed by atoms with Gasteiger partial charge in [0.05, 0.1) is 17.0 Å². The number of benzene rings is 3. The van der Waals surface area contributed by atoms with Gasteiger partial charge in [0.15, 0.2) is 11.0 Å². The largest absolute Gasteiger partial charge is 0.324 e. The molecule has 1 heterocycles. The van der Waals surface area contributed by atoms with Gasteiger partial charge in [0.1, 0.15) is 11.9 Å². The van der Waals surface area contributed by atoms with Crippen molar-refractivity contribution in [2.24, 2.45) is 0 Å². The number of halogens is 2. The number of carbonyl (C=O) groups is 1. The van der Waals surface area contributed by atoms with Crippen LogP contribution in [0.3, 0.4) is 0 Å². The molecule has 158 valence electrons. The summed E-state index contributed by atoms with van der Waals surface area (Å²) in [6.45, 7) is 0. The van der Waals surface area contributed by atoms with Crippen molar-refractivity contribution in [1.29, 1.82) is 5.26 Å². The van der Waals surface area contributed by atoms with Gasteiger partial charge in [-0.25, -0.2) is 4.39 Å². The molecule has 4 rings (SSSR count). The highest BCUT2D eigenvalue weighted by atomic mass is 35.5. The van der Waals surface area contributed by atoms with Gasteiger partial charge in [-0.3, -0.25) is 9.36 Å². The zero-order chi connectivity index (χ0) is 22.5. The summed E-state index contributed by atoms with van der Waals surface area (Å²) in [6, 6.07) is 22.1. The minimum atomic E-state index is -0.344. The summed E-state index contributed by atoms with van der Waals surface area (Å²) >= 11 is 7.17. The van der Waals surface area contributed by atoms with Crippen molar-refractivity contribution in [3.63, 3.8) is 0 Å². The number of aromatic nitrogens is 3. The van der Waals surface area contributed by atoms with E-state index in [1.165, 1.54) is 30.0 Å². The van der Waals surface area contributed by atoms with Crippen molar-refractivity contribution in [2.45, 2.75) is 5.16 Å². The van der Waals surface area contributed by atoms with E-state index in [1.807, 2.05) is 41.0 Å². The van der Waals surface area contributed by atoms with Crippen molar-refractivity contribution in [1.82, 2.24) is 14.8 Å². The number of thioether (sulfide) groups is 1. The average molecular weight is 464 g/mol. The molecule has 0 spiro atoms. The van der Waals surface area contributed by atoms with Crippen LogP contribution in [0.5, 0.6) is 0 Å². The first kappa shape index (κ1) is 21.6. The van der Waals surface area contributed by atoms with Crippen LogP contribution in [-0.4, -0.2) is 26.4 Å². The van der Waals surface area contributed by atoms with Gasteiger partial charge in [-0.2, -0.15) is 5.26 Å². The molecule has 0 atom stereocenters. The molecule has 0 radical (unpaired) electrons. The summed E-state index contributed by atoms with van der Waals surface area (Å²) in [5, 5.41) is 21.4. The van der Waals surface area contributed by atoms with Crippen LogP contribution in [0.4, 0.5) is 10.1 Å². The molecule has 1 aromatic heterocycles. The second-order valence-corrected chi connectivity index (χ2v) is 8.00. The fourth-order valence-electron chi connectivity index (χ4n) is 2.99. The van der Waals surface area contributed by atoms with Gasteiger partial charge in [0.2, 0.25) is 5.91 Å². The first-order valence-electron chi connectivity index (χ1n) is 9.44. The van der Waals surface area contributed by atoms with Crippen molar-refractivity contribution in [3.05, 3.63) is 89.2 Å². The highest BCUT2D eigenvalue weighted by Crippen LogP contribution is 2.28. The maximum Gasteiger partial charge on any atom is 0.234 e. The van der Waals surface area contributed by atoms with Crippen LogP contribution in [-0.2, 0) is 4.79 Å². The standard InChI is InChI=1S/C23H15ClFN5OS/c24-17-9-6-16(13-26)20(12-17)27-21(31)14-32-23-29-28-22(15-7-10-18(25)11-8-15)30(23)19-4-2-1-3-5-19/h1-12H,14H2,(H,27,31). The second kappa shape index (κ2) is 9.64. The molecule has 32 heavy (non-hydrogen) atoms. The zero-order valence-corrected chi connectivity index (χ0v) is 18.1. The summed E-state index contributed by atoms with van der Waals surface area (Å²) in [5.74, 6) is -0.102. The zero-order valence-electron chi connectivity index (χ0n) is 16.5. The van der Waals surface area contributed by atoms with Crippen LogP contribution in [0.1, 0.15) is 5.56 Å². The Balaban J connectivity index is 1.59. The Morgan fingerprint density at radius 1 is 1.09 bits per heavy atom. The van der Waals surface area contributed by atoms with Crippen LogP contribution in [0, 0.1) is 17.1 Å². The molecule has 0 fully saturated rings. The number of nitrogens with one attached hydrogen (secondary N) is 1. The third-order valence-electron chi connectivity index (χ3n) is 4.46. The summed E-state index contributed by atoms with van der Waals surface area (Å²) in [7, 11) is 0. The molecule has 0 saturated heterocycles. The van der Waals surface area contributed by atoms with E-state index < -0.39 is 0 Å². The fourth-order valence-corrected chi connectivity index (χ4v) is 3.92. The Morgan fingerprint density at radius 3 is 2.56 bits per heavy atom.